The van der Waals surface area contributed by atoms with Crippen molar-refractivity contribution in [2.24, 2.45) is 0 Å². The van der Waals surface area contributed by atoms with Crippen LogP contribution in [0.4, 0.5) is 32.3 Å². The van der Waals surface area contributed by atoms with E-state index in [1.54, 1.807) is 0 Å². The van der Waals surface area contributed by atoms with Crippen molar-refractivity contribution in [2.45, 2.75) is 38.5 Å². The van der Waals surface area contributed by atoms with Crippen LogP contribution in [0.25, 0.3) is 5.69 Å². The minimum atomic E-state index is -4.69. The van der Waals surface area contributed by atoms with Gasteiger partial charge in [-0.3, -0.25) is 0 Å². The summed E-state index contributed by atoms with van der Waals surface area (Å²) < 4.78 is 78.5. The van der Waals surface area contributed by atoms with E-state index in [2.05, 4.69) is 15.4 Å². The van der Waals surface area contributed by atoms with E-state index in [9.17, 15) is 26.3 Å². The Balaban J connectivity index is 2.61. The molecule has 0 aliphatic rings. The third-order valence-electron chi connectivity index (χ3n) is 3.59. The topological polar surface area (TPSA) is 42.7 Å². The normalized spacial score (nSPS) is 13.7. The number of hydrogen-bond donors (Lipinski definition) is 1. The van der Waals surface area contributed by atoms with Crippen LogP contribution in [0.15, 0.2) is 12.1 Å². The van der Waals surface area contributed by atoms with Crippen molar-refractivity contribution in [3.05, 3.63) is 33.6 Å². The van der Waals surface area contributed by atoms with Crippen LogP contribution in [-0.2, 0) is 6.18 Å². The average Bonchev–Trinajstić information content (AvgIpc) is 2.93. The molecule has 2 aromatic rings. The van der Waals surface area contributed by atoms with Gasteiger partial charge in [0.25, 0.3) is 0 Å². The van der Waals surface area contributed by atoms with Gasteiger partial charge in [0.2, 0.25) is 5.95 Å². The second-order valence-corrected chi connectivity index (χ2v) is 6.50. The molecule has 0 spiro atoms. The first kappa shape index (κ1) is 21.6. The molecular formula is C15H14Cl2F6N4. The molecule has 0 saturated heterocycles. The highest BCUT2D eigenvalue weighted by Crippen LogP contribution is 2.39. The molecule has 1 N–H and O–H groups in total. The highest BCUT2D eigenvalue weighted by atomic mass is 35.5. The van der Waals surface area contributed by atoms with Crippen molar-refractivity contribution in [3.8, 4) is 5.69 Å². The van der Waals surface area contributed by atoms with Crippen LogP contribution in [0.1, 0.15) is 37.6 Å². The number of rotatable bonds is 5. The molecule has 0 saturated carbocycles. The maximum atomic E-state index is 13.0. The lowest BCUT2D eigenvalue weighted by Gasteiger charge is -2.14. The Morgan fingerprint density at radius 3 is 2.11 bits per heavy atom. The Kier molecular flexibility index (Phi) is 6.20. The number of hydrogen-bond acceptors (Lipinski definition) is 3. The monoisotopic (exact) mass is 434 g/mol. The van der Waals surface area contributed by atoms with Gasteiger partial charge in [-0.25, -0.2) is 0 Å². The molecule has 2 rings (SSSR count). The number of benzene rings is 1. The van der Waals surface area contributed by atoms with Gasteiger partial charge in [0.1, 0.15) is 11.6 Å². The first-order valence-electron chi connectivity index (χ1n) is 7.70. The number of nitrogens with zero attached hydrogens (tertiary/aromatic N) is 3. The van der Waals surface area contributed by atoms with Crippen LogP contribution in [0, 0.1) is 0 Å². The van der Waals surface area contributed by atoms with E-state index in [4.69, 9.17) is 23.2 Å². The Bertz CT molecular complexity index is 793. The first-order valence-corrected chi connectivity index (χ1v) is 8.46. The van der Waals surface area contributed by atoms with Crippen LogP contribution in [0.3, 0.4) is 0 Å². The summed E-state index contributed by atoms with van der Waals surface area (Å²) in [7, 11) is 0. The third kappa shape index (κ3) is 4.78. The molecule has 0 amide bonds. The molecule has 12 heteroatoms. The summed E-state index contributed by atoms with van der Waals surface area (Å²) in [6, 6.07) is 1.25. The van der Waals surface area contributed by atoms with E-state index < -0.39 is 39.7 Å². The zero-order chi connectivity index (χ0) is 20.6. The summed E-state index contributed by atoms with van der Waals surface area (Å²) >= 11 is 11.9. The van der Waals surface area contributed by atoms with Crippen LogP contribution >= 0.6 is 23.2 Å². The predicted molar refractivity (Wildman–Crippen MR) is 89.6 cm³/mol. The molecule has 150 valence electrons. The number of anilines is 1. The molecule has 0 fully saturated rings. The second kappa shape index (κ2) is 7.75. The molecule has 1 aromatic heterocycles. The van der Waals surface area contributed by atoms with Crippen molar-refractivity contribution >= 4 is 29.2 Å². The summed E-state index contributed by atoms with van der Waals surface area (Å²) in [5.74, 6) is -2.66. The summed E-state index contributed by atoms with van der Waals surface area (Å²) in [6.07, 6.45) is -8.67. The van der Waals surface area contributed by atoms with Crippen molar-refractivity contribution in [3.63, 3.8) is 0 Å². The third-order valence-corrected chi connectivity index (χ3v) is 4.17. The van der Waals surface area contributed by atoms with Crippen molar-refractivity contribution < 1.29 is 26.3 Å². The van der Waals surface area contributed by atoms with Crippen LogP contribution in [0.5, 0.6) is 0 Å². The molecule has 0 aliphatic carbocycles. The number of halogens is 8. The van der Waals surface area contributed by atoms with Crippen LogP contribution in [0.2, 0.25) is 10.0 Å². The molecule has 1 heterocycles. The minimum absolute atomic E-state index is 0.105. The summed E-state index contributed by atoms with van der Waals surface area (Å²) in [6.45, 7) is 3.03. The van der Waals surface area contributed by atoms with Gasteiger partial charge in [-0.05, 0) is 25.5 Å². The lowest BCUT2D eigenvalue weighted by atomic mass is 10.1. The maximum Gasteiger partial charge on any atom is 0.416 e. The standard InChI is InChI=1S/C15H14Cl2F6N4/c1-3-4-24-13-25-12(7(2)14(18,19)20)26-27(13)11-9(16)5-8(6-10(11)17)15(21,22)23/h5-7H,3-4H2,1-2H3,(H,24,25,26). The fraction of sp³-hybridized carbons (Fsp3) is 0.467. The van der Waals surface area contributed by atoms with Gasteiger partial charge in [0.05, 0.1) is 15.6 Å². The van der Waals surface area contributed by atoms with Gasteiger partial charge in [-0.2, -0.15) is 36.0 Å². The van der Waals surface area contributed by atoms with E-state index in [1.165, 1.54) is 0 Å². The molecule has 1 aromatic carbocycles. The van der Waals surface area contributed by atoms with Crippen LogP contribution < -0.4 is 5.32 Å². The van der Waals surface area contributed by atoms with Gasteiger partial charge in [0.15, 0.2) is 5.82 Å². The predicted octanol–water partition coefficient (Wildman–Crippen LogP) is 6.08. The average molecular weight is 435 g/mol. The molecule has 0 aliphatic heterocycles. The van der Waals surface area contributed by atoms with Crippen molar-refractivity contribution in [1.82, 2.24) is 14.8 Å². The largest absolute Gasteiger partial charge is 0.416 e. The Morgan fingerprint density at radius 2 is 1.67 bits per heavy atom. The molecule has 27 heavy (non-hydrogen) atoms. The fourth-order valence-corrected chi connectivity index (χ4v) is 2.74. The number of aromatic nitrogens is 3. The van der Waals surface area contributed by atoms with E-state index >= 15 is 0 Å². The number of nitrogens with one attached hydrogen (secondary N) is 1. The molecular weight excluding hydrogens is 421 g/mol. The van der Waals surface area contributed by atoms with E-state index in [0.29, 0.717) is 25.1 Å². The molecule has 4 nitrogen and oxygen atoms in total. The summed E-state index contributed by atoms with van der Waals surface area (Å²) in [4.78, 5) is 3.83. The Hall–Kier alpha value is -1.68. The highest BCUT2D eigenvalue weighted by Gasteiger charge is 2.40. The zero-order valence-corrected chi connectivity index (χ0v) is 15.5. The smallest absolute Gasteiger partial charge is 0.354 e. The number of alkyl halides is 6. The summed E-state index contributed by atoms with van der Waals surface area (Å²) in [5, 5.41) is 5.71. The lowest BCUT2D eigenvalue weighted by molar-refractivity contribution is -0.147. The Labute approximate surface area is 160 Å². The zero-order valence-electron chi connectivity index (χ0n) is 14.0. The van der Waals surface area contributed by atoms with E-state index in [0.717, 1.165) is 11.6 Å². The Morgan fingerprint density at radius 1 is 1.11 bits per heavy atom. The van der Waals surface area contributed by atoms with Crippen LogP contribution in [-0.4, -0.2) is 27.5 Å². The second-order valence-electron chi connectivity index (χ2n) is 5.68. The van der Waals surface area contributed by atoms with Gasteiger partial charge < -0.3 is 5.32 Å². The SMILES string of the molecule is CCCNc1nc(C(C)C(F)(F)F)nn1-c1c(Cl)cc(C(F)(F)F)cc1Cl. The molecule has 1 atom stereocenters. The van der Waals surface area contributed by atoms with Gasteiger partial charge >= 0.3 is 12.4 Å². The van der Waals surface area contributed by atoms with E-state index in [1.807, 2.05) is 6.92 Å². The quantitative estimate of drug-likeness (QED) is 0.579. The first-order chi connectivity index (χ1) is 12.4. The van der Waals surface area contributed by atoms with Crippen molar-refractivity contribution in [1.29, 1.82) is 0 Å². The lowest BCUT2D eigenvalue weighted by Crippen LogP contribution is -2.19. The van der Waals surface area contributed by atoms with Gasteiger partial charge in [-0.1, -0.05) is 30.1 Å². The maximum absolute atomic E-state index is 13.0. The van der Waals surface area contributed by atoms with E-state index in [-0.39, 0.29) is 11.6 Å². The van der Waals surface area contributed by atoms with Gasteiger partial charge in [-0.15, -0.1) is 5.10 Å². The molecule has 0 radical (unpaired) electrons. The highest BCUT2D eigenvalue weighted by molar-refractivity contribution is 6.37. The summed E-state index contributed by atoms with van der Waals surface area (Å²) in [5.41, 5.74) is -1.29. The molecule has 1 unspecified atom stereocenters. The fourth-order valence-electron chi connectivity index (χ4n) is 2.10. The minimum Gasteiger partial charge on any atom is -0.354 e. The molecule has 0 bridgehead atoms. The van der Waals surface area contributed by atoms with Gasteiger partial charge in [0, 0.05) is 6.54 Å². The van der Waals surface area contributed by atoms with Crippen molar-refractivity contribution in [2.75, 3.05) is 11.9 Å².